The highest BCUT2D eigenvalue weighted by atomic mass is 15.3. The second-order valence-corrected chi connectivity index (χ2v) is 7.34. The van der Waals surface area contributed by atoms with Crippen LogP contribution in [0.5, 0.6) is 0 Å². The van der Waals surface area contributed by atoms with Crippen LogP contribution in [0.15, 0.2) is 67.1 Å². The van der Waals surface area contributed by atoms with Crippen molar-refractivity contribution in [3.8, 4) is 16.9 Å². The van der Waals surface area contributed by atoms with E-state index in [0.717, 1.165) is 33.9 Å². The number of fused-ring (bicyclic) bond motifs is 1. The van der Waals surface area contributed by atoms with E-state index in [4.69, 9.17) is 4.98 Å². The van der Waals surface area contributed by atoms with Gasteiger partial charge in [-0.2, -0.15) is 5.10 Å². The molecule has 1 fully saturated rings. The maximum Gasteiger partial charge on any atom is 0.0924 e. The summed E-state index contributed by atoms with van der Waals surface area (Å²) in [5, 5.41) is 4.53. The van der Waals surface area contributed by atoms with Gasteiger partial charge in [-0.3, -0.25) is 4.98 Å². The molecule has 1 saturated carbocycles. The van der Waals surface area contributed by atoms with Crippen molar-refractivity contribution in [2.75, 3.05) is 0 Å². The highest BCUT2D eigenvalue weighted by Crippen LogP contribution is 2.33. The summed E-state index contributed by atoms with van der Waals surface area (Å²) in [5.41, 5.74) is 6.18. The summed E-state index contributed by atoms with van der Waals surface area (Å²) in [5.74, 6) is 0.730. The average Bonchev–Trinajstić information content (AvgIpc) is 3.24. The van der Waals surface area contributed by atoms with E-state index < -0.39 is 0 Å². The molecule has 2 aromatic carbocycles. The number of nitrogens with zero attached hydrogens (tertiary/aromatic N) is 4. The monoisotopic (exact) mass is 354 g/mol. The minimum absolute atomic E-state index is 0.730. The van der Waals surface area contributed by atoms with Crippen LogP contribution in [-0.4, -0.2) is 19.7 Å². The number of para-hydroxylation sites is 2. The fraction of sp³-hybridized carbons (Fsp3) is 0.261. The maximum atomic E-state index is 4.71. The molecule has 1 aliphatic carbocycles. The molecule has 1 aliphatic rings. The lowest BCUT2D eigenvalue weighted by molar-refractivity contribution is 0.443. The lowest BCUT2D eigenvalue weighted by Crippen LogP contribution is -2.04. The molecule has 0 atom stereocenters. The van der Waals surface area contributed by atoms with Gasteiger partial charge >= 0.3 is 0 Å². The Balaban J connectivity index is 1.41. The SMILES string of the molecule is c1ccc2nc(-c3cnn(-c4ccc(C5CCCCC5)cc4)c3)cnc2c1. The van der Waals surface area contributed by atoms with Gasteiger partial charge in [0.25, 0.3) is 0 Å². The van der Waals surface area contributed by atoms with Crippen molar-refractivity contribution in [2.45, 2.75) is 38.0 Å². The summed E-state index contributed by atoms with van der Waals surface area (Å²) in [7, 11) is 0. The fourth-order valence-corrected chi connectivity index (χ4v) is 4.03. The molecule has 0 amide bonds. The Hall–Kier alpha value is -3.01. The molecule has 0 unspecified atom stereocenters. The first kappa shape index (κ1) is 16.2. The van der Waals surface area contributed by atoms with E-state index in [2.05, 4.69) is 34.3 Å². The van der Waals surface area contributed by atoms with Crippen LogP contribution in [0.25, 0.3) is 28.0 Å². The first-order valence-electron chi connectivity index (χ1n) is 9.74. The van der Waals surface area contributed by atoms with Crippen LogP contribution in [0.4, 0.5) is 0 Å². The minimum Gasteiger partial charge on any atom is -0.252 e. The number of benzene rings is 2. The summed E-state index contributed by atoms with van der Waals surface area (Å²) < 4.78 is 1.91. The van der Waals surface area contributed by atoms with Gasteiger partial charge in [-0.1, -0.05) is 43.5 Å². The lowest BCUT2D eigenvalue weighted by Gasteiger charge is -2.22. The lowest BCUT2D eigenvalue weighted by atomic mass is 9.84. The van der Waals surface area contributed by atoms with Gasteiger partial charge in [-0.25, -0.2) is 9.67 Å². The summed E-state index contributed by atoms with van der Waals surface area (Å²) in [4.78, 5) is 9.22. The van der Waals surface area contributed by atoms with Crippen molar-refractivity contribution < 1.29 is 0 Å². The van der Waals surface area contributed by atoms with Crippen molar-refractivity contribution in [1.82, 2.24) is 19.7 Å². The molecular weight excluding hydrogens is 332 g/mol. The van der Waals surface area contributed by atoms with Gasteiger partial charge in [0.05, 0.1) is 34.8 Å². The van der Waals surface area contributed by atoms with Crippen molar-refractivity contribution in [2.24, 2.45) is 0 Å². The standard InChI is InChI=1S/C23H22N4/c1-2-6-17(7-3-1)18-10-12-20(13-11-18)27-16-19(14-25-27)23-15-24-21-8-4-5-9-22(21)26-23/h4-5,8-17H,1-3,6-7H2. The summed E-state index contributed by atoms with van der Waals surface area (Å²) in [6, 6.07) is 16.8. The summed E-state index contributed by atoms with van der Waals surface area (Å²) in [6.07, 6.45) is 12.5. The molecule has 0 radical (unpaired) electrons. The van der Waals surface area contributed by atoms with Crippen LogP contribution >= 0.6 is 0 Å². The molecule has 0 bridgehead atoms. The molecule has 4 aromatic rings. The third-order valence-corrected chi connectivity index (χ3v) is 5.56. The highest BCUT2D eigenvalue weighted by Gasteiger charge is 2.15. The van der Waals surface area contributed by atoms with Crippen LogP contribution in [0.3, 0.4) is 0 Å². The average molecular weight is 354 g/mol. The van der Waals surface area contributed by atoms with E-state index in [1.807, 2.05) is 47.5 Å². The normalized spacial score (nSPS) is 15.3. The molecule has 2 aromatic heterocycles. The molecule has 4 heteroatoms. The molecule has 2 heterocycles. The molecule has 27 heavy (non-hydrogen) atoms. The van der Waals surface area contributed by atoms with Crippen LogP contribution in [0.1, 0.15) is 43.6 Å². The Labute approximate surface area is 158 Å². The van der Waals surface area contributed by atoms with Gasteiger partial charge in [0, 0.05) is 11.8 Å². The van der Waals surface area contributed by atoms with Gasteiger partial charge in [-0.15, -0.1) is 0 Å². The Morgan fingerprint density at radius 3 is 2.41 bits per heavy atom. The Bertz CT molecular complexity index is 1060. The molecule has 0 saturated heterocycles. The number of rotatable bonds is 3. The zero-order valence-electron chi connectivity index (χ0n) is 15.3. The molecule has 134 valence electrons. The minimum atomic E-state index is 0.730. The zero-order valence-corrected chi connectivity index (χ0v) is 15.3. The smallest absolute Gasteiger partial charge is 0.0924 e. The van der Waals surface area contributed by atoms with Crippen LogP contribution < -0.4 is 0 Å². The molecule has 0 spiro atoms. The van der Waals surface area contributed by atoms with Gasteiger partial charge < -0.3 is 0 Å². The fourth-order valence-electron chi connectivity index (χ4n) is 4.03. The Morgan fingerprint density at radius 1 is 0.815 bits per heavy atom. The number of aromatic nitrogens is 4. The Morgan fingerprint density at radius 2 is 1.59 bits per heavy atom. The van der Waals surface area contributed by atoms with Crippen molar-refractivity contribution >= 4 is 11.0 Å². The number of hydrogen-bond donors (Lipinski definition) is 0. The maximum absolute atomic E-state index is 4.71. The van der Waals surface area contributed by atoms with E-state index in [1.54, 1.807) is 0 Å². The number of hydrogen-bond acceptors (Lipinski definition) is 3. The molecule has 0 aliphatic heterocycles. The third-order valence-electron chi connectivity index (χ3n) is 5.56. The topological polar surface area (TPSA) is 43.6 Å². The van der Waals surface area contributed by atoms with Crippen molar-refractivity contribution in [3.63, 3.8) is 0 Å². The zero-order chi connectivity index (χ0) is 18.1. The van der Waals surface area contributed by atoms with E-state index in [-0.39, 0.29) is 0 Å². The first-order valence-corrected chi connectivity index (χ1v) is 9.74. The highest BCUT2D eigenvalue weighted by molar-refractivity contribution is 5.76. The molecule has 0 N–H and O–H groups in total. The van der Waals surface area contributed by atoms with Gasteiger partial charge in [0.2, 0.25) is 0 Å². The predicted molar refractivity (Wildman–Crippen MR) is 108 cm³/mol. The van der Waals surface area contributed by atoms with Crippen LogP contribution in [-0.2, 0) is 0 Å². The second kappa shape index (κ2) is 6.95. The largest absolute Gasteiger partial charge is 0.252 e. The first-order chi connectivity index (χ1) is 13.4. The van der Waals surface area contributed by atoms with Crippen LogP contribution in [0.2, 0.25) is 0 Å². The van der Waals surface area contributed by atoms with E-state index in [9.17, 15) is 0 Å². The van der Waals surface area contributed by atoms with E-state index in [1.165, 1.54) is 37.7 Å². The Kier molecular flexibility index (Phi) is 4.17. The van der Waals surface area contributed by atoms with E-state index >= 15 is 0 Å². The molecule has 5 rings (SSSR count). The van der Waals surface area contributed by atoms with Gasteiger partial charge in [0.15, 0.2) is 0 Å². The predicted octanol–water partition coefficient (Wildman–Crippen LogP) is 5.53. The van der Waals surface area contributed by atoms with Crippen LogP contribution in [0, 0.1) is 0 Å². The summed E-state index contributed by atoms with van der Waals surface area (Å²) >= 11 is 0. The summed E-state index contributed by atoms with van der Waals surface area (Å²) in [6.45, 7) is 0. The van der Waals surface area contributed by atoms with E-state index in [0.29, 0.717) is 0 Å². The van der Waals surface area contributed by atoms with Gasteiger partial charge in [-0.05, 0) is 48.6 Å². The van der Waals surface area contributed by atoms with Gasteiger partial charge in [0.1, 0.15) is 0 Å². The molecular formula is C23H22N4. The second-order valence-electron chi connectivity index (χ2n) is 7.34. The van der Waals surface area contributed by atoms with Crippen molar-refractivity contribution in [3.05, 3.63) is 72.7 Å². The quantitative estimate of drug-likeness (QED) is 0.486. The molecule has 4 nitrogen and oxygen atoms in total. The third kappa shape index (κ3) is 3.23. The van der Waals surface area contributed by atoms with Crippen molar-refractivity contribution in [1.29, 1.82) is 0 Å².